The Labute approximate surface area is 187 Å². The number of nitrogens with zero attached hydrogens (tertiary/aromatic N) is 4. The number of rotatable bonds is 4. The molecule has 0 spiro atoms. The van der Waals surface area contributed by atoms with Crippen LogP contribution in [0.5, 0.6) is 0 Å². The van der Waals surface area contributed by atoms with Crippen LogP contribution in [0.2, 0.25) is 0 Å². The molecule has 4 heterocycles. The molecule has 4 aromatic rings. The van der Waals surface area contributed by atoms with E-state index in [2.05, 4.69) is 65.1 Å². The summed E-state index contributed by atoms with van der Waals surface area (Å²) in [5, 5.41) is 23.3. The van der Waals surface area contributed by atoms with Gasteiger partial charge in [-0.05, 0) is 54.3 Å². The maximum Gasteiger partial charge on any atom is 0.306 e. The molecule has 6 nitrogen and oxygen atoms in total. The summed E-state index contributed by atoms with van der Waals surface area (Å²) in [6.45, 7) is 6.08. The zero-order valence-electron chi connectivity index (χ0n) is 17.3. The third kappa shape index (κ3) is 3.32. The lowest BCUT2D eigenvalue weighted by Gasteiger charge is -2.11. The van der Waals surface area contributed by atoms with Crippen LogP contribution in [0.25, 0.3) is 16.1 Å². The summed E-state index contributed by atoms with van der Waals surface area (Å²) < 4.78 is 1.98. The first-order valence-electron chi connectivity index (χ1n) is 9.89. The van der Waals surface area contributed by atoms with Gasteiger partial charge in [-0.15, -0.1) is 21.5 Å². The largest absolute Gasteiger partial charge is 0.481 e. The molecule has 3 aromatic heterocycles. The molecule has 0 saturated heterocycles. The van der Waals surface area contributed by atoms with E-state index >= 15 is 0 Å². The van der Waals surface area contributed by atoms with E-state index in [9.17, 15) is 9.90 Å². The summed E-state index contributed by atoms with van der Waals surface area (Å²) in [4.78, 5) is 17.8. The second-order valence-corrected chi connectivity index (χ2v) is 9.57. The highest BCUT2D eigenvalue weighted by atomic mass is 32.1. The van der Waals surface area contributed by atoms with Crippen molar-refractivity contribution in [2.75, 3.05) is 0 Å². The van der Waals surface area contributed by atoms with Crippen molar-refractivity contribution in [3.05, 3.63) is 74.3 Å². The van der Waals surface area contributed by atoms with Gasteiger partial charge in [0, 0.05) is 16.0 Å². The molecule has 0 amide bonds. The Kier molecular flexibility index (Phi) is 4.83. The molecule has 0 fully saturated rings. The van der Waals surface area contributed by atoms with Crippen LogP contribution < -0.4 is 0 Å². The van der Waals surface area contributed by atoms with Crippen LogP contribution in [-0.2, 0) is 4.79 Å². The van der Waals surface area contributed by atoms with Crippen molar-refractivity contribution < 1.29 is 9.90 Å². The Balaban J connectivity index is 1.72. The summed E-state index contributed by atoms with van der Waals surface area (Å²) in [5.74, 6) is 0.399. The number of aliphatic carboxylic acids is 1. The number of aromatic nitrogens is 3. The van der Waals surface area contributed by atoms with E-state index in [1.165, 1.54) is 10.4 Å². The van der Waals surface area contributed by atoms with E-state index in [-0.39, 0.29) is 6.42 Å². The second-order valence-electron chi connectivity index (χ2n) is 7.58. The molecule has 1 aromatic carbocycles. The van der Waals surface area contributed by atoms with Gasteiger partial charge >= 0.3 is 5.97 Å². The summed E-state index contributed by atoms with van der Waals surface area (Å²) in [6, 6.07) is 9.82. The number of benzene rings is 1. The Morgan fingerprint density at radius 3 is 2.48 bits per heavy atom. The third-order valence-electron chi connectivity index (χ3n) is 5.62. The monoisotopic (exact) mass is 448 g/mol. The van der Waals surface area contributed by atoms with E-state index in [1.807, 2.05) is 11.5 Å². The van der Waals surface area contributed by atoms with Crippen LogP contribution in [0, 0.1) is 20.8 Å². The van der Waals surface area contributed by atoms with Crippen molar-refractivity contribution in [1.82, 2.24) is 14.8 Å². The van der Waals surface area contributed by atoms with Crippen molar-refractivity contribution in [1.29, 1.82) is 0 Å². The van der Waals surface area contributed by atoms with Gasteiger partial charge in [0.1, 0.15) is 16.9 Å². The SMILES string of the molecule is Cc1sc2c(c1C)C(c1ccc(-c3ccsc3)cc1)=N[C@@H](CC(=O)O)c1nnc(C)n1-2. The number of aliphatic imine (C=N–C) groups is 1. The minimum absolute atomic E-state index is 0.137. The Hall–Kier alpha value is -3.10. The molecule has 1 atom stereocenters. The van der Waals surface area contributed by atoms with Gasteiger partial charge in [0.25, 0.3) is 0 Å². The molecule has 0 aliphatic carbocycles. The van der Waals surface area contributed by atoms with E-state index in [0.717, 1.165) is 38.8 Å². The van der Waals surface area contributed by atoms with Crippen molar-refractivity contribution in [3.63, 3.8) is 0 Å². The fourth-order valence-electron chi connectivity index (χ4n) is 3.94. The number of aryl methyl sites for hydroxylation is 2. The minimum Gasteiger partial charge on any atom is -0.481 e. The summed E-state index contributed by atoms with van der Waals surface area (Å²) >= 11 is 3.34. The van der Waals surface area contributed by atoms with Crippen LogP contribution >= 0.6 is 22.7 Å². The normalized spacial score (nSPS) is 15.2. The molecule has 8 heteroatoms. The molecule has 1 aliphatic rings. The highest BCUT2D eigenvalue weighted by Gasteiger charge is 2.32. The topological polar surface area (TPSA) is 80.4 Å². The lowest BCUT2D eigenvalue weighted by Crippen LogP contribution is -2.10. The number of thiophene rings is 2. The van der Waals surface area contributed by atoms with Gasteiger partial charge in [-0.25, -0.2) is 0 Å². The van der Waals surface area contributed by atoms with Crippen LogP contribution in [0.4, 0.5) is 0 Å². The Morgan fingerprint density at radius 1 is 1.06 bits per heavy atom. The molecule has 1 aliphatic heterocycles. The third-order valence-corrected chi connectivity index (χ3v) is 7.50. The average Bonchev–Trinajstić information content (AvgIpc) is 3.44. The van der Waals surface area contributed by atoms with Crippen molar-refractivity contribution >= 4 is 34.4 Å². The summed E-state index contributed by atoms with van der Waals surface area (Å²) in [7, 11) is 0. The van der Waals surface area contributed by atoms with Crippen molar-refractivity contribution in [2.45, 2.75) is 33.2 Å². The maximum atomic E-state index is 11.6. The zero-order valence-corrected chi connectivity index (χ0v) is 18.9. The highest BCUT2D eigenvalue weighted by molar-refractivity contribution is 7.15. The predicted molar refractivity (Wildman–Crippen MR) is 124 cm³/mol. The quantitative estimate of drug-likeness (QED) is 0.456. The van der Waals surface area contributed by atoms with Crippen LogP contribution in [0.1, 0.15) is 45.7 Å². The van der Waals surface area contributed by atoms with Gasteiger partial charge in [-0.2, -0.15) is 11.3 Å². The van der Waals surface area contributed by atoms with Crippen LogP contribution in [-0.4, -0.2) is 31.6 Å². The molecule has 0 bridgehead atoms. The molecule has 0 unspecified atom stereocenters. The molecule has 5 rings (SSSR count). The number of hydrogen-bond acceptors (Lipinski definition) is 6. The van der Waals surface area contributed by atoms with E-state index in [0.29, 0.717) is 5.82 Å². The lowest BCUT2D eigenvalue weighted by atomic mass is 9.97. The number of hydrogen-bond donors (Lipinski definition) is 1. The second kappa shape index (κ2) is 7.55. The fraction of sp³-hybridized carbons (Fsp3) is 0.217. The van der Waals surface area contributed by atoms with Gasteiger partial charge in [-0.3, -0.25) is 14.4 Å². The molecule has 0 radical (unpaired) electrons. The number of carboxylic acids is 1. The first-order chi connectivity index (χ1) is 14.9. The molecule has 31 heavy (non-hydrogen) atoms. The molecule has 0 saturated carbocycles. The molecular formula is C23H20N4O2S2. The standard InChI is InChI=1S/C23H20N4O2S2/c1-12-13(2)31-23-20(12)21(16-6-4-15(5-7-16)17-8-9-30-11-17)24-18(10-19(28)29)22-26-25-14(3)27(22)23/h4-9,11,18H,10H2,1-3H3,(H,28,29)/t18-/m0/s1. The average molecular weight is 449 g/mol. The van der Waals surface area contributed by atoms with Gasteiger partial charge in [0.2, 0.25) is 0 Å². The Bertz CT molecular complexity index is 1310. The summed E-state index contributed by atoms with van der Waals surface area (Å²) in [5.41, 5.74) is 6.29. The predicted octanol–water partition coefficient (Wildman–Crippen LogP) is 5.35. The smallest absolute Gasteiger partial charge is 0.306 e. The molecule has 156 valence electrons. The van der Waals surface area contributed by atoms with Gasteiger partial charge in [-0.1, -0.05) is 24.3 Å². The summed E-state index contributed by atoms with van der Waals surface area (Å²) in [6.07, 6.45) is -0.137. The lowest BCUT2D eigenvalue weighted by molar-refractivity contribution is -0.137. The van der Waals surface area contributed by atoms with Crippen LogP contribution in [0.15, 0.2) is 46.1 Å². The number of carboxylic acid groups (broad SMARTS) is 1. The highest BCUT2D eigenvalue weighted by Crippen LogP contribution is 2.39. The number of carbonyl (C=O) groups is 1. The molecular weight excluding hydrogens is 428 g/mol. The van der Waals surface area contributed by atoms with Crippen LogP contribution in [0.3, 0.4) is 0 Å². The van der Waals surface area contributed by atoms with Crippen molar-refractivity contribution in [3.8, 4) is 16.1 Å². The van der Waals surface area contributed by atoms with Crippen molar-refractivity contribution in [2.24, 2.45) is 4.99 Å². The maximum absolute atomic E-state index is 11.6. The zero-order chi connectivity index (χ0) is 21.7. The molecule has 1 N–H and O–H groups in total. The fourth-order valence-corrected chi connectivity index (χ4v) is 5.82. The van der Waals surface area contributed by atoms with Gasteiger partial charge in [0.05, 0.1) is 12.1 Å². The Morgan fingerprint density at radius 2 is 1.81 bits per heavy atom. The first kappa shape index (κ1) is 19.8. The number of fused-ring (bicyclic) bond motifs is 3. The van der Waals surface area contributed by atoms with E-state index in [1.54, 1.807) is 22.7 Å². The minimum atomic E-state index is -0.911. The first-order valence-corrected chi connectivity index (χ1v) is 11.6. The van der Waals surface area contributed by atoms with Gasteiger partial charge < -0.3 is 5.11 Å². The van der Waals surface area contributed by atoms with E-state index in [4.69, 9.17) is 4.99 Å². The van der Waals surface area contributed by atoms with Gasteiger partial charge in [0.15, 0.2) is 5.82 Å². The van der Waals surface area contributed by atoms with E-state index < -0.39 is 12.0 Å².